The van der Waals surface area contributed by atoms with Gasteiger partial charge in [-0.1, -0.05) is 24.3 Å². The molecule has 0 aliphatic carbocycles. The fourth-order valence-electron chi connectivity index (χ4n) is 2.51. The lowest BCUT2D eigenvalue weighted by Crippen LogP contribution is -2.14. The van der Waals surface area contributed by atoms with Crippen LogP contribution in [0.3, 0.4) is 0 Å². The zero-order valence-corrected chi connectivity index (χ0v) is 15.8. The first kappa shape index (κ1) is 18.8. The third-order valence-electron chi connectivity index (χ3n) is 4.00. The molecule has 3 rings (SSSR count). The molecule has 6 heteroatoms. The van der Waals surface area contributed by atoms with E-state index in [0.717, 1.165) is 16.0 Å². The Bertz CT molecular complexity index is 950. The summed E-state index contributed by atoms with van der Waals surface area (Å²) in [7, 11) is 1.32. The van der Waals surface area contributed by atoms with Crippen molar-refractivity contribution in [2.45, 2.75) is 17.6 Å². The number of anilines is 1. The molecule has 0 bridgehead atoms. The SMILES string of the molecule is COC(=O)c1ccc(C)c(NC(=O)c2occc2CSc2ccccc2)c1. The molecular weight excluding hydrogens is 362 g/mol. The predicted molar refractivity (Wildman–Crippen MR) is 105 cm³/mol. The summed E-state index contributed by atoms with van der Waals surface area (Å²) in [5.74, 6) is 0.0725. The number of carbonyl (C=O) groups excluding carboxylic acids is 2. The first-order valence-electron chi connectivity index (χ1n) is 8.33. The van der Waals surface area contributed by atoms with Gasteiger partial charge in [0.05, 0.1) is 18.9 Å². The molecule has 0 aliphatic heterocycles. The first-order chi connectivity index (χ1) is 13.1. The predicted octanol–water partition coefficient (Wildman–Crippen LogP) is 4.92. The molecule has 0 aliphatic rings. The van der Waals surface area contributed by atoms with Gasteiger partial charge in [-0.25, -0.2) is 4.79 Å². The third kappa shape index (κ3) is 4.60. The van der Waals surface area contributed by atoms with Gasteiger partial charge < -0.3 is 14.5 Å². The largest absolute Gasteiger partial charge is 0.465 e. The molecule has 1 amide bonds. The lowest BCUT2D eigenvalue weighted by atomic mass is 10.1. The molecule has 0 fully saturated rings. The van der Waals surface area contributed by atoms with Gasteiger partial charge >= 0.3 is 5.97 Å². The molecule has 138 valence electrons. The number of nitrogens with one attached hydrogen (secondary N) is 1. The lowest BCUT2D eigenvalue weighted by molar-refractivity contribution is 0.0600. The standard InChI is InChI=1S/C21H19NO4S/c1-14-8-9-15(21(24)25-2)12-18(14)22-20(23)19-16(10-11-26-19)13-27-17-6-4-3-5-7-17/h3-12H,13H2,1-2H3,(H,22,23). The van der Waals surface area contributed by atoms with E-state index in [-0.39, 0.29) is 11.7 Å². The highest BCUT2D eigenvalue weighted by Gasteiger charge is 2.17. The van der Waals surface area contributed by atoms with Crippen molar-refractivity contribution in [3.63, 3.8) is 0 Å². The van der Waals surface area contributed by atoms with Crippen molar-refractivity contribution in [2.24, 2.45) is 0 Å². The van der Waals surface area contributed by atoms with Crippen LogP contribution in [-0.2, 0) is 10.5 Å². The van der Waals surface area contributed by atoms with Crippen molar-refractivity contribution in [1.82, 2.24) is 0 Å². The normalized spacial score (nSPS) is 10.4. The maximum absolute atomic E-state index is 12.7. The van der Waals surface area contributed by atoms with Crippen molar-refractivity contribution >= 4 is 29.3 Å². The van der Waals surface area contributed by atoms with Gasteiger partial charge in [-0.05, 0) is 42.8 Å². The van der Waals surface area contributed by atoms with E-state index >= 15 is 0 Å². The van der Waals surface area contributed by atoms with Crippen LogP contribution in [0.4, 0.5) is 5.69 Å². The Hall–Kier alpha value is -2.99. The fourth-order valence-corrected chi connectivity index (χ4v) is 3.41. The molecule has 0 unspecified atom stereocenters. The zero-order chi connectivity index (χ0) is 19.2. The highest BCUT2D eigenvalue weighted by atomic mass is 32.2. The molecule has 3 aromatic rings. The average molecular weight is 381 g/mol. The summed E-state index contributed by atoms with van der Waals surface area (Å²) >= 11 is 1.63. The van der Waals surface area contributed by atoms with Crippen LogP contribution in [0.5, 0.6) is 0 Å². The highest BCUT2D eigenvalue weighted by Crippen LogP contribution is 2.26. The Labute approximate surface area is 161 Å². The number of ether oxygens (including phenoxy) is 1. The number of aryl methyl sites for hydroxylation is 1. The van der Waals surface area contributed by atoms with Crippen molar-refractivity contribution in [1.29, 1.82) is 0 Å². The van der Waals surface area contributed by atoms with Crippen LogP contribution in [0.15, 0.2) is 70.2 Å². The van der Waals surface area contributed by atoms with E-state index < -0.39 is 5.97 Å². The summed E-state index contributed by atoms with van der Waals surface area (Å²) < 4.78 is 10.1. The number of hydrogen-bond donors (Lipinski definition) is 1. The second kappa shape index (κ2) is 8.60. The van der Waals surface area contributed by atoms with Gasteiger partial charge in [-0.2, -0.15) is 0 Å². The van der Waals surface area contributed by atoms with Gasteiger partial charge in [0, 0.05) is 21.9 Å². The van der Waals surface area contributed by atoms with E-state index in [1.807, 2.05) is 37.3 Å². The number of carbonyl (C=O) groups is 2. The molecule has 1 heterocycles. The summed E-state index contributed by atoms with van der Waals surface area (Å²) in [4.78, 5) is 25.5. The number of methoxy groups -OCH3 is 1. The number of thioether (sulfide) groups is 1. The Morgan fingerprint density at radius 3 is 2.63 bits per heavy atom. The summed E-state index contributed by atoms with van der Waals surface area (Å²) in [6.07, 6.45) is 1.51. The molecule has 5 nitrogen and oxygen atoms in total. The number of benzene rings is 2. The van der Waals surface area contributed by atoms with Crippen LogP contribution in [0.2, 0.25) is 0 Å². The van der Waals surface area contributed by atoms with Gasteiger partial charge in [0.25, 0.3) is 5.91 Å². The minimum Gasteiger partial charge on any atom is -0.465 e. The molecule has 0 saturated carbocycles. The summed E-state index contributed by atoms with van der Waals surface area (Å²) in [5.41, 5.74) is 2.56. The van der Waals surface area contributed by atoms with Crippen molar-refractivity contribution in [3.05, 3.63) is 83.3 Å². The molecule has 1 N–H and O–H groups in total. The highest BCUT2D eigenvalue weighted by molar-refractivity contribution is 7.98. The number of esters is 1. The van der Waals surface area contributed by atoms with E-state index in [1.165, 1.54) is 13.4 Å². The number of hydrogen-bond acceptors (Lipinski definition) is 5. The van der Waals surface area contributed by atoms with E-state index in [1.54, 1.807) is 36.0 Å². The maximum Gasteiger partial charge on any atom is 0.337 e. The second-order valence-electron chi connectivity index (χ2n) is 5.85. The smallest absolute Gasteiger partial charge is 0.337 e. The first-order valence-corrected chi connectivity index (χ1v) is 9.31. The minimum atomic E-state index is -0.455. The molecule has 1 aromatic heterocycles. The van der Waals surface area contributed by atoms with Crippen LogP contribution in [0.1, 0.15) is 32.0 Å². The van der Waals surface area contributed by atoms with E-state index in [4.69, 9.17) is 9.15 Å². The van der Waals surface area contributed by atoms with Crippen LogP contribution in [0, 0.1) is 6.92 Å². The molecule has 0 atom stereocenters. The monoisotopic (exact) mass is 381 g/mol. The van der Waals surface area contributed by atoms with Crippen LogP contribution >= 0.6 is 11.8 Å². The minimum absolute atomic E-state index is 0.265. The van der Waals surface area contributed by atoms with Crippen LogP contribution in [0.25, 0.3) is 0 Å². The summed E-state index contributed by atoms with van der Waals surface area (Å²) in [6.45, 7) is 1.85. The number of rotatable bonds is 6. The lowest BCUT2D eigenvalue weighted by Gasteiger charge is -2.10. The Balaban J connectivity index is 1.74. The van der Waals surface area contributed by atoms with Gasteiger partial charge in [0.15, 0.2) is 5.76 Å². The molecule has 27 heavy (non-hydrogen) atoms. The Morgan fingerprint density at radius 2 is 1.89 bits per heavy atom. The quantitative estimate of drug-likeness (QED) is 0.485. The topological polar surface area (TPSA) is 68.5 Å². The second-order valence-corrected chi connectivity index (χ2v) is 6.90. The van der Waals surface area contributed by atoms with Crippen molar-refractivity contribution in [3.8, 4) is 0 Å². The van der Waals surface area contributed by atoms with Crippen LogP contribution < -0.4 is 5.32 Å². The fraction of sp³-hybridized carbons (Fsp3) is 0.143. The van der Waals surface area contributed by atoms with Gasteiger partial charge in [0.1, 0.15) is 0 Å². The average Bonchev–Trinajstić information content (AvgIpc) is 3.17. The van der Waals surface area contributed by atoms with Gasteiger partial charge in [-0.3, -0.25) is 4.79 Å². The van der Waals surface area contributed by atoms with Crippen molar-refractivity contribution in [2.75, 3.05) is 12.4 Å². The molecule has 2 aromatic carbocycles. The molecular formula is C21H19NO4S. The van der Waals surface area contributed by atoms with Gasteiger partial charge in [0.2, 0.25) is 0 Å². The van der Waals surface area contributed by atoms with Gasteiger partial charge in [-0.15, -0.1) is 11.8 Å². The summed E-state index contributed by atoms with van der Waals surface area (Å²) in [5, 5.41) is 2.82. The molecule has 0 radical (unpaired) electrons. The Morgan fingerprint density at radius 1 is 1.11 bits per heavy atom. The number of amides is 1. The molecule has 0 saturated heterocycles. The third-order valence-corrected chi connectivity index (χ3v) is 5.06. The van der Waals surface area contributed by atoms with Crippen LogP contribution in [-0.4, -0.2) is 19.0 Å². The van der Waals surface area contributed by atoms with E-state index in [9.17, 15) is 9.59 Å². The number of furan rings is 1. The Kier molecular flexibility index (Phi) is 5.98. The van der Waals surface area contributed by atoms with Crippen molar-refractivity contribution < 1.29 is 18.7 Å². The molecule has 0 spiro atoms. The van der Waals surface area contributed by atoms with E-state index in [2.05, 4.69) is 5.32 Å². The maximum atomic E-state index is 12.7. The summed E-state index contributed by atoms with van der Waals surface area (Å²) in [6, 6.07) is 16.8. The zero-order valence-electron chi connectivity index (χ0n) is 15.0. The van der Waals surface area contributed by atoms with E-state index in [0.29, 0.717) is 17.0 Å².